The Hall–Kier alpha value is -1.35. The number of hydrogen-bond acceptors (Lipinski definition) is 2. The average molecular weight is 291 g/mol. The Bertz CT molecular complexity index is 550. The van der Waals surface area contributed by atoms with Crippen molar-refractivity contribution in [1.82, 2.24) is 4.98 Å². The number of rotatable bonds is 2. The number of benzene rings is 1. The van der Waals surface area contributed by atoms with E-state index in [1.165, 1.54) is 11.1 Å². The standard InChI is InChI=1S/C14H15BrN2/c1-9-4-5-11(3)13(7-9)17-14-12(15)6-10(2)8-16-14/h4-8H,1-3H3,(H,16,17). The first-order valence-corrected chi connectivity index (χ1v) is 6.32. The van der Waals surface area contributed by atoms with E-state index in [0.29, 0.717) is 0 Å². The first-order chi connectivity index (χ1) is 8.06. The molecule has 1 aromatic carbocycles. The first kappa shape index (κ1) is 12.1. The minimum absolute atomic E-state index is 0.851. The molecule has 1 aromatic heterocycles. The number of pyridine rings is 1. The molecule has 0 radical (unpaired) electrons. The molecular formula is C14H15BrN2. The molecule has 2 aromatic rings. The van der Waals surface area contributed by atoms with Crippen LogP contribution >= 0.6 is 15.9 Å². The van der Waals surface area contributed by atoms with E-state index < -0.39 is 0 Å². The van der Waals surface area contributed by atoms with Gasteiger partial charge < -0.3 is 5.32 Å². The lowest BCUT2D eigenvalue weighted by atomic mass is 10.1. The van der Waals surface area contributed by atoms with Crippen LogP contribution in [-0.4, -0.2) is 4.98 Å². The zero-order chi connectivity index (χ0) is 12.4. The molecule has 2 rings (SSSR count). The van der Waals surface area contributed by atoms with Crippen molar-refractivity contribution < 1.29 is 0 Å². The van der Waals surface area contributed by atoms with Crippen LogP contribution in [0.3, 0.4) is 0 Å². The number of nitrogens with zero attached hydrogens (tertiary/aromatic N) is 1. The number of anilines is 2. The van der Waals surface area contributed by atoms with E-state index in [1.54, 1.807) is 0 Å². The van der Waals surface area contributed by atoms with E-state index in [0.717, 1.165) is 21.5 Å². The van der Waals surface area contributed by atoms with Crippen LogP contribution in [0.1, 0.15) is 16.7 Å². The van der Waals surface area contributed by atoms with Crippen molar-refractivity contribution in [2.24, 2.45) is 0 Å². The maximum absolute atomic E-state index is 4.39. The molecule has 0 spiro atoms. The van der Waals surface area contributed by atoms with Gasteiger partial charge in [0, 0.05) is 11.9 Å². The van der Waals surface area contributed by atoms with Crippen molar-refractivity contribution in [3.05, 3.63) is 51.6 Å². The first-order valence-electron chi connectivity index (χ1n) is 5.52. The highest BCUT2D eigenvalue weighted by Crippen LogP contribution is 2.26. The maximum atomic E-state index is 4.39. The summed E-state index contributed by atoms with van der Waals surface area (Å²) in [5.74, 6) is 0.851. The third-order valence-corrected chi connectivity index (χ3v) is 3.23. The SMILES string of the molecule is Cc1cnc(Nc2cc(C)ccc2C)c(Br)c1. The maximum Gasteiger partial charge on any atom is 0.144 e. The van der Waals surface area contributed by atoms with Crippen LogP contribution in [0.25, 0.3) is 0 Å². The molecule has 1 N–H and O–H groups in total. The zero-order valence-corrected chi connectivity index (χ0v) is 11.8. The Balaban J connectivity index is 2.34. The molecule has 88 valence electrons. The Morgan fingerprint density at radius 3 is 2.53 bits per heavy atom. The molecule has 0 aliphatic rings. The minimum Gasteiger partial charge on any atom is -0.339 e. The Kier molecular flexibility index (Phi) is 3.48. The zero-order valence-electron chi connectivity index (χ0n) is 10.2. The second kappa shape index (κ2) is 4.88. The van der Waals surface area contributed by atoms with Gasteiger partial charge in [-0.25, -0.2) is 4.98 Å². The molecule has 1 heterocycles. The van der Waals surface area contributed by atoms with Gasteiger partial charge in [-0.05, 0) is 65.5 Å². The van der Waals surface area contributed by atoms with Crippen molar-refractivity contribution in [3.8, 4) is 0 Å². The summed E-state index contributed by atoms with van der Waals surface area (Å²) in [6, 6.07) is 8.40. The summed E-state index contributed by atoms with van der Waals surface area (Å²) in [4.78, 5) is 4.39. The second-order valence-electron chi connectivity index (χ2n) is 4.29. The fourth-order valence-electron chi connectivity index (χ4n) is 1.62. The lowest BCUT2D eigenvalue weighted by molar-refractivity contribution is 1.23. The van der Waals surface area contributed by atoms with E-state index in [9.17, 15) is 0 Å². The normalized spacial score (nSPS) is 10.4. The Morgan fingerprint density at radius 1 is 1.06 bits per heavy atom. The van der Waals surface area contributed by atoms with Crippen LogP contribution in [0.2, 0.25) is 0 Å². The quantitative estimate of drug-likeness (QED) is 0.880. The molecule has 0 unspecified atom stereocenters. The van der Waals surface area contributed by atoms with Crippen molar-refractivity contribution >= 4 is 27.4 Å². The molecule has 0 aliphatic heterocycles. The Labute approximate surface area is 110 Å². The molecule has 3 heteroatoms. The van der Waals surface area contributed by atoms with Crippen LogP contribution < -0.4 is 5.32 Å². The number of halogens is 1. The molecule has 0 saturated heterocycles. The molecular weight excluding hydrogens is 276 g/mol. The summed E-state index contributed by atoms with van der Waals surface area (Å²) < 4.78 is 0.985. The van der Waals surface area contributed by atoms with Gasteiger partial charge in [0.25, 0.3) is 0 Å². The summed E-state index contributed by atoms with van der Waals surface area (Å²) >= 11 is 3.52. The number of aryl methyl sites for hydroxylation is 3. The summed E-state index contributed by atoms with van der Waals surface area (Å²) in [7, 11) is 0. The summed E-state index contributed by atoms with van der Waals surface area (Å²) in [6.07, 6.45) is 1.86. The van der Waals surface area contributed by atoms with E-state index >= 15 is 0 Å². The van der Waals surface area contributed by atoms with Gasteiger partial charge in [0.2, 0.25) is 0 Å². The lowest BCUT2D eigenvalue weighted by Gasteiger charge is -2.11. The largest absolute Gasteiger partial charge is 0.339 e. The summed E-state index contributed by atoms with van der Waals surface area (Å²) in [6.45, 7) is 6.20. The van der Waals surface area contributed by atoms with Crippen LogP contribution in [0.4, 0.5) is 11.5 Å². The lowest BCUT2D eigenvalue weighted by Crippen LogP contribution is -1.97. The van der Waals surface area contributed by atoms with Crippen molar-refractivity contribution in [2.45, 2.75) is 20.8 Å². The monoisotopic (exact) mass is 290 g/mol. The van der Waals surface area contributed by atoms with Gasteiger partial charge in [0.15, 0.2) is 0 Å². The van der Waals surface area contributed by atoms with Crippen LogP contribution in [0.15, 0.2) is 34.9 Å². The topological polar surface area (TPSA) is 24.9 Å². The van der Waals surface area contributed by atoms with Gasteiger partial charge in [-0.2, -0.15) is 0 Å². The van der Waals surface area contributed by atoms with Crippen molar-refractivity contribution in [3.63, 3.8) is 0 Å². The summed E-state index contributed by atoms with van der Waals surface area (Å²) in [5, 5.41) is 3.35. The van der Waals surface area contributed by atoms with E-state index in [2.05, 4.69) is 64.3 Å². The van der Waals surface area contributed by atoms with E-state index in [-0.39, 0.29) is 0 Å². The van der Waals surface area contributed by atoms with Gasteiger partial charge in [-0.15, -0.1) is 0 Å². The molecule has 0 fully saturated rings. The Morgan fingerprint density at radius 2 is 1.82 bits per heavy atom. The highest BCUT2D eigenvalue weighted by molar-refractivity contribution is 9.10. The van der Waals surface area contributed by atoms with Gasteiger partial charge >= 0.3 is 0 Å². The highest BCUT2D eigenvalue weighted by Gasteiger charge is 2.04. The second-order valence-corrected chi connectivity index (χ2v) is 5.14. The third-order valence-electron chi connectivity index (χ3n) is 2.62. The van der Waals surface area contributed by atoms with Gasteiger partial charge in [-0.1, -0.05) is 12.1 Å². The van der Waals surface area contributed by atoms with Crippen LogP contribution in [0.5, 0.6) is 0 Å². The van der Waals surface area contributed by atoms with Crippen molar-refractivity contribution in [1.29, 1.82) is 0 Å². The molecule has 0 amide bonds. The number of hydrogen-bond donors (Lipinski definition) is 1. The van der Waals surface area contributed by atoms with Crippen LogP contribution in [0, 0.1) is 20.8 Å². The third kappa shape index (κ3) is 2.86. The van der Waals surface area contributed by atoms with E-state index in [4.69, 9.17) is 0 Å². The molecule has 17 heavy (non-hydrogen) atoms. The highest BCUT2D eigenvalue weighted by atomic mass is 79.9. The van der Waals surface area contributed by atoms with Crippen molar-refractivity contribution in [2.75, 3.05) is 5.32 Å². The predicted octanol–water partition coefficient (Wildman–Crippen LogP) is 4.51. The fourth-order valence-corrected chi connectivity index (χ4v) is 2.19. The van der Waals surface area contributed by atoms with Gasteiger partial charge in [0.05, 0.1) is 4.47 Å². The molecule has 2 nitrogen and oxygen atoms in total. The average Bonchev–Trinajstić information content (AvgIpc) is 2.27. The predicted molar refractivity (Wildman–Crippen MR) is 75.9 cm³/mol. The molecule has 0 bridgehead atoms. The molecule has 0 atom stereocenters. The number of nitrogens with one attached hydrogen (secondary N) is 1. The molecule has 0 saturated carbocycles. The fraction of sp³-hybridized carbons (Fsp3) is 0.214. The van der Waals surface area contributed by atoms with Gasteiger partial charge in [-0.3, -0.25) is 0 Å². The summed E-state index contributed by atoms with van der Waals surface area (Å²) in [5.41, 5.74) is 4.69. The minimum atomic E-state index is 0.851. The van der Waals surface area contributed by atoms with Crippen LogP contribution in [-0.2, 0) is 0 Å². The van der Waals surface area contributed by atoms with E-state index in [1.807, 2.05) is 13.1 Å². The molecule has 0 aliphatic carbocycles. The smallest absolute Gasteiger partial charge is 0.144 e. The van der Waals surface area contributed by atoms with Gasteiger partial charge in [0.1, 0.15) is 5.82 Å². The number of aromatic nitrogens is 1.